The second-order valence-electron chi connectivity index (χ2n) is 3.36. The zero-order valence-corrected chi connectivity index (χ0v) is 10.3. The van der Waals surface area contributed by atoms with Crippen LogP contribution in [0.5, 0.6) is 5.75 Å². The van der Waals surface area contributed by atoms with Gasteiger partial charge >= 0.3 is 0 Å². The van der Waals surface area contributed by atoms with E-state index in [1.165, 1.54) is 0 Å². The lowest BCUT2D eigenvalue weighted by Gasteiger charge is -2.07. The van der Waals surface area contributed by atoms with E-state index >= 15 is 0 Å². The number of benzene rings is 2. The monoisotopic (exact) mass is 250 g/mol. The molecule has 82 valence electrons. The van der Waals surface area contributed by atoms with E-state index in [0.717, 1.165) is 16.0 Å². The highest BCUT2D eigenvalue weighted by molar-refractivity contribution is 7.98. The molecule has 0 atom stereocenters. The molecular weight excluding hydrogens is 240 g/mol. The van der Waals surface area contributed by atoms with Gasteiger partial charge in [-0.25, -0.2) is 0 Å². The molecule has 0 radical (unpaired) electrons. The second-order valence-corrected chi connectivity index (χ2v) is 4.65. The summed E-state index contributed by atoms with van der Waals surface area (Å²) in [6.07, 6.45) is 1.98. The summed E-state index contributed by atoms with van der Waals surface area (Å²) in [7, 11) is 0. The maximum absolute atomic E-state index is 9.93. The molecule has 16 heavy (non-hydrogen) atoms. The first-order chi connectivity index (χ1) is 7.72. The maximum atomic E-state index is 9.93. The molecule has 0 aliphatic heterocycles. The SMILES string of the molecule is CSc1ccc(-c2ccccc2Cl)c(O)c1. The Balaban J connectivity index is 2.53. The van der Waals surface area contributed by atoms with Gasteiger partial charge in [0.1, 0.15) is 5.75 Å². The maximum Gasteiger partial charge on any atom is 0.124 e. The Kier molecular flexibility index (Phi) is 3.42. The van der Waals surface area contributed by atoms with Gasteiger partial charge in [-0.2, -0.15) is 0 Å². The molecule has 0 saturated carbocycles. The molecule has 0 spiro atoms. The second kappa shape index (κ2) is 4.81. The largest absolute Gasteiger partial charge is 0.507 e. The summed E-state index contributed by atoms with van der Waals surface area (Å²) in [6.45, 7) is 0. The molecule has 0 heterocycles. The summed E-state index contributed by atoms with van der Waals surface area (Å²) < 4.78 is 0. The van der Waals surface area contributed by atoms with Gasteiger partial charge < -0.3 is 5.11 Å². The van der Waals surface area contributed by atoms with Crippen molar-refractivity contribution in [3.05, 3.63) is 47.5 Å². The predicted molar refractivity (Wildman–Crippen MR) is 70.3 cm³/mol. The molecule has 2 aromatic rings. The number of hydrogen-bond donors (Lipinski definition) is 1. The van der Waals surface area contributed by atoms with Gasteiger partial charge in [0, 0.05) is 21.0 Å². The number of thioether (sulfide) groups is 1. The molecule has 2 aromatic carbocycles. The van der Waals surface area contributed by atoms with Crippen LogP contribution in [0.1, 0.15) is 0 Å². The first-order valence-electron chi connectivity index (χ1n) is 4.84. The first kappa shape index (κ1) is 11.4. The molecule has 3 heteroatoms. The van der Waals surface area contributed by atoms with Crippen molar-refractivity contribution in [2.24, 2.45) is 0 Å². The van der Waals surface area contributed by atoms with Crippen LogP contribution < -0.4 is 0 Å². The molecule has 0 saturated heterocycles. The fraction of sp³-hybridized carbons (Fsp3) is 0.0769. The van der Waals surface area contributed by atoms with Crippen molar-refractivity contribution in [3.63, 3.8) is 0 Å². The molecule has 1 nitrogen and oxygen atoms in total. The number of aromatic hydroxyl groups is 1. The van der Waals surface area contributed by atoms with Crippen LogP contribution in [-0.2, 0) is 0 Å². The van der Waals surface area contributed by atoms with E-state index in [1.54, 1.807) is 17.8 Å². The number of phenolic OH excluding ortho intramolecular Hbond substituents is 1. The molecule has 0 aromatic heterocycles. The molecule has 0 aliphatic rings. The van der Waals surface area contributed by atoms with Crippen LogP contribution in [0.15, 0.2) is 47.4 Å². The van der Waals surface area contributed by atoms with Gasteiger partial charge in [-0.1, -0.05) is 29.8 Å². The topological polar surface area (TPSA) is 20.2 Å². The van der Waals surface area contributed by atoms with Crippen molar-refractivity contribution in [1.29, 1.82) is 0 Å². The van der Waals surface area contributed by atoms with Crippen LogP contribution in [0, 0.1) is 0 Å². The number of halogens is 1. The summed E-state index contributed by atoms with van der Waals surface area (Å²) >= 11 is 7.69. The van der Waals surface area contributed by atoms with E-state index in [9.17, 15) is 5.11 Å². The van der Waals surface area contributed by atoms with Crippen molar-refractivity contribution in [3.8, 4) is 16.9 Å². The Morgan fingerprint density at radius 1 is 1.06 bits per heavy atom. The lowest BCUT2D eigenvalue weighted by molar-refractivity contribution is 0.476. The molecule has 0 amide bonds. The van der Waals surface area contributed by atoms with Crippen molar-refractivity contribution in [2.45, 2.75) is 4.90 Å². The average molecular weight is 251 g/mol. The Hall–Kier alpha value is -1.12. The van der Waals surface area contributed by atoms with Crippen molar-refractivity contribution in [1.82, 2.24) is 0 Å². The van der Waals surface area contributed by atoms with Gasteiger partial charge in [0.05, 0.1) is 0 Å². The van der Waals surface area contributed by atoms with E-state index in [4.69, 9.17) is 11.6 Å². The zero-order chi connectivity index (χ0) is 11.5. The standard InChI is InChI=1S/C13H11ClOS/c1-16-9-6-7-11(13(15)8-9)10-4-2-3-5-12(10)14/h2-8,15H,1H3. The quantitative estimate of drug-likeness (QED) is 0.796. The first-order valence-corrected chi connectivity index (χ1v) is 6.44. The normalized spacial score (nSPS) is 10.4. The summed E-state index contributed by atoms with van der Waals surface area (Å²) in [5.74, 6) is 0.264. The van der Waals surface area contributed by atoms with Crippen LogP contribution in [0.3, 0.4) is 0 Å². The van der Waals surface area contributed by atoms with Crippen LogP contribution >= 0.6 is 23.4 Å². The molecule has 0 fully saturated rings. The van der Waals surface area contributed by atoms with Gasteiger partial charge in [0.15, 0.2) is 0 Å². The van der Waals surface area contributed by atoms with Crippen LogP contribution in [0.2, 0.25) is 5.02 Å². The summed E-state index contributed by atoms with van der Waals surface area (Å²) in [4.78, 5) is 1.04. The number of phenols is 1. The molecular formula is C13H11ClOS. The Morgan fingerprint density at radius 3 is 2.44 bits per heavy atom. The van der Waals surface area contributed by atoms with Gasteiger partial charge in [0.25, 0.3) is 0 Å². The predicted octanol–water partition coefficient (Wildman–Crippen LogP) is 4.43. The van der Waals surface area contributed by atoms with Crippen LogP contribution in [-0.4, -0.2) is 11.4 Å². The minimum Gasteiger partial charge on any atom is -0.507 e. The van der Waals surface area contributed by atoms with Crippen LogP contribution in [0.25, 0.3) is 11.1 Å². The van der Waals surface area contributed by atoms with Gasteiger partial charge in [0.2, 0.25) is 0 Å². The molecule has 0 unspecified atom stereocenters. The number of rotatable bonds is 2. The highest BCUT2D eigenvalue weighted by Crippen LogP contribution is 2.35. The highest BCUT2D eigenvalue weighted by Gasteiger charge is 2.07. The fourth-order valence-electron chi connectivity index (χ4n) is 1.55. The molecule has 0 bridgehead atoms. The third-order valence-corrected chi connectivity index (χ3v) is 3.42. The third kappa shape index (κ3) is 2.18. The fourth-order valence-corrected chi connectivity index (χ4v) is 2.22. The van der Waals surface area contributed by atoms with Crippen molar-refractivity contribution in [2.75, 3.05) is 6.26 Å². The lowest BCUT2D eigenvalue weighted by Crippen LogP contribution is -1.81. The summed E-state index contributed by atoms with van der Waals surface area (Å²) in [5.41, 5.74) is 1.62. The number of hydrogen-bond acceptors (Lipinski definition) is 2. The Labute approximate surface area is 104 Å². The minimum atomic E-state index is 0.264. The van der Waals surface area contributed by atoms with Crippen molar-refractivity contribution < 1.29 is 5.11 Å². The smallest absolute Gasteiger partial charge is 0.124 e. The average Bonchev–Trinajstić information content (AvgIpc) is 2.30. The molecule has 1 N–H and O–H groups in total. The highest BCUT2D eigenvalue weighted by atomic mass is 35.5. The summed E-state index contributed by atoms with van der Waals surface area (Å²) in [5, 5.41) is 10.6. The lowest BCUT2D eigenvalue weighted by atomic mass is 10.0. The van der Waals surface area contributed by atoms with Gasteiger partial charge in [-0.05, 0) is 30.5 Å². The van der Waals surface area contributed by atoms with Crippen molar-refractivity contribution >= 4 is 23.4 Å². The van der Waals surface area contributed by atoms with E-state index in [0.29, 0.717) is 5.02 Å². The summed E-state index contributed by atoms with van der Waals surface area (Å²) in [6, 6.07) is 13.1. The molecule has 0 aliphatic carbocycles. The van der Waals surface area contributed by atoms with E-state index in [-0.39, 0.29) is 5.75 Å². The molecule has 2 rings (SSSR count). The third-order valence-electron chi connectivity index (χ3n) is 2.37. The Morgan fingerprint density at radius 2 is 1.81 bits per heavy atom. The van der Waals surface area contributed by atoms with E-state index in [1.807, 2.05) is 42.7 Å². The van der Waals surface area contributed by atoms with Gasteiger partial charge in [-0.3, -0.25) is 0 Å². The van der Waals surface area contributed by atoms with E-state index in [2.05, 4.69) is 0 Å². The minimum absolute atomic E-state index is 0.264. The van der Waals surface area contributed by atoms with E-state index < -0.39 is 0 Å². The van der Waals surface area contributed by atoms with Crippen LogP contribution in [0.4, 0.5) is 0 Å². The zero-order valence-electron chi connectivity index (χ0n) is 8.77. The Bertz CT molecular complexity index is 511. The van der Waals surface area contributed by atoms with Gasteiger partial charge in [-0.15, -0.1) is 11.8 Å².